The van der Waals surface area contributed by atoms with Crippen LogP contribution < -0.4 is 0 Å². The highest BCUT2D eigenvalue weighted by Gasteiger charge is 2.46. The zero-order valence-corrected chi connectivity index (χ0v) is 21.7. The number of hydrogen-bond donors (Lipinski definition) is 0. The van der Waals surface area contributed by atoms with Crippen molar-refractivity contribution in [1.82, 2.24) is 0 Å². The maximum Gasteiger partial charge on any atom is 0.191 e. The molecule has 0 saturated carbocycles. The molecule has 3 heteroatoms. The second kappa shape index (κ2) is 7.05. The summed E-state index contributed by atoms with van der Waals surface area (Å²) in [5.41, 5.74) is 4.77. The Morgan fingerprint density at radius 2 is 1.32 bits per heavy atom. The van der Waals surface area contributed by atoms with E-state index in [-0.39, 0.29) is 33.5 Å². The molecule has 0 fully saturated rings. The molecule has 170 valence electrons. The van der Waals surface area contributed by atoms with Crippen molar-refractivity contribution >= 4 is 11.5 Å². The molecule has 3 aliphatic rings. The first-order chi connectivity index (χ1) is 13.8. The molecule has 1 heterocycles. The Hall–Kier alpha value is -1.90. The third-order valence-electron chi connectivity index (χ3n) is 6.35. The fourth-order valence-electron chi connectivity index (χ4n) is 4.34. The van der Waals surface area contributed by atoms with E-state index >= 15 is 0 Å². The van der Waals surface area contributed by atoms with Crippen LogP contribution in [0.3, 0.4) is 0 Å². The number of allylic oxidation sites excluding steroid dienone is 4. The molecule has 0 bridgehead atoms. The van der Waals surface area contributed by atoms with E-state index in [2.05, 4.69) is 101 Å². The predicted molar refractivity (Wildman–Crippen MR) is 130 cm³/mol. The smallest absolute Gasteiger partial charge is 0.191 e. The van der Waals surface area contributed by atoms with E-state index in [4.69, 9.17) is 9.73 Å². The van der Waals surface area contributed by atoms with E-state index in [1.165, 1.54) is 11.1 Å². The van der Waals surface area contributed by atoms with Crippen LogP contribution >= 0.6 is 0 Å². The van der Waals surface area contributed by atoms with Gasteiger partial charge in [0.1, 0.15) is 5.76 Å². The molecule has 2 unspecified atom stereocenters. The predicted octanol–water partition coefficient (Wildman–Crippen LogP) is 7.01. The first-order valence-corrected chi connectivity index (χ1v) is 11.5. The summed E-state index contributed by atoms with van der Waals surface area (Å²) >= 11 is 0. The Balaban J connectivity index is 2.27. The molecular weight excluding hydrogens is 382 g/mol. The van der Waals surface area contributed by atoms with Gasteiger partial charge in [-0.3, -0.25) is 9.79 Å². The van der Waals surface area contributed by atoms with Crippen molar-refractivity contribution in [2.24, 2.45) is 26.7 Å². The van der Waals surface area contributed by atoms with Gasteiger partial charge in [0, 0.05) is 5.57 Å². The molecule has 0 aromatic heterocycles. The highest BCUT2D eigenvalue weighted by molar-refractivity contribution is 6.10. The third-order valence-corrected chi connectivity index (χ3v) is 6.35. The number of carbonyl (C=O) groups is 1. The Morgan fingerprint density at radius 1 is 0.742 bits per heavy atom. The van der Waals surface area contributed by atoms with Crippen LogP contribution in [-0.4, -0.2) is 23.6 Å². The van der Waals surface area contributed by atoms with Gasteiger partial charge in [-0.15, -0.1) is 0 Å². The van der Waals surface area contributed by atoms with Crippen LogP contribution in [0.1, 0.15) is 83.1 Å². The summed E-state index contributed by atoms with van der Waals surface area (Å²) in [6.45, 7) is 26.2. The lowest BCUT2D eigenvalue weighted by atomic mass is 9.71. The molecule has 0 aromatic rings. The van der Waals surface area contributed by atoms with Crippen molar-refractivity contribution in [3.8, 4) is 0 Å². The van der Waals surface area contributed by atoms with Gasteiger partial charge in [0.05, 0.1) is 5.71 Å². The van der Waals surface area contributed by atoms with Gasteiger partial charge in [-0.25, -0.2) is 0 Å². The Morgan fingerprint density at radius 3 is 1.77 bits per heavy atom. The lowest BCUT2D eigenvalue weighted by molar-refractivity contribution is -0.118. The lowest BCUT2D eigenvalue weighted by Crippen LogP contribution is -2.45. The molecule has 0 radical (unpaired) electrons. The number of ketones is 1. The maximum absolute atomic E-state index is 13.6. The van der Waals surface area contributed by atoms with E-state index in [0.29, 0.717) is 0 Å². The number of nitrogens with zero attached hydrogens (tertiary/aromatic N) is 1. The summed E-state index contributed by atoms with van der Waals surface area (Å²) in [5, 5.41) is 0. The summed E-state index contributed by atoms with van der Waals surface area (Å²) in [4.78, 5) is 18.7. The first-order valence-electron chi connectivity index (χ1n) is 11.5. The van der Waals surface area contributed by atoms with Gasteiger partial charge in [-0.2, -0.15) is 0 Å². The summed E-state index contributed by atoms with van der Waals surface area (Å²) in [6.07, 6.45) is 6.28. The Labute approximate surface area is 189 Å². The fraction of sp³-hybridized carbons (Fsp3) is 0.643. The zero-order valence-electron chi connectivity index (χ0n) is 21.7. The highest BCUT2D eigenvalue weighted by atomic mass is 16.5. The average molecular weight is 424 g/mol. The van der Waals surface area contributed by atoms with Crippen molar-refractivity contribution in [2.75, 3.05) is 0 Å². The van der Waals surface area contributed by atoms with Gasteiger partial charge < -0.3 is 4.74 Å². The van der Waals surface area contributed by atoms with Crippen LogP contribution in [0, 0.1) is 21.7 Å². The molecule has 0 amide bonds. The molecule has 0 aromatic carbocycles. The van der Waals surface area contributed by atoms with Gasteiger partial charge in [0.2, 0.25) is 0 Å². The summed E-state index contributed by atoms with van der Waals surface area (Å²) in [6, 6.07) is -0.587. The highest BCUT2D eigenvalue weighted by Crippen LogP contribution is 2.46. The molecule has 0 N–H and O–H groups in total. The molecule has 3 rings (SSSR count). The van der Waals surface area contributed by atoms with E-state index in [9.17, 15) is 4.79 Å². The Bertz CT molecular complexity index is 954. The zero-order chi connectivity index (χ0) is 23.7. The maximum atomic E-state index is 13.6. The number of hydrogen-bond acceptors (Lipinski definition) is 3. The minimum atomic E-state index is -0.587. The Kier molecular flexibility index (Phi) is 5.40. The number of Topliss-reactive ketones (excluding diaryl/α,β-unsaturated/α-hetero) is 1. The lowest BCUT2D eigenvalue weighted by Gasteiger charge is -2.43. The number of fused-ring (bicyclic) bond motifs is 2. The van der Waals surface area contributed by atoms with Crippen LogP contribution in [0.25, 0.3) is 0 Å². The first kappa shape index (κ1) is 23.8. The summed E-state index contributed by atoms with van der Waals surface area (Å²) in [7, 11) is 0. The van der Waals surface area contributed by atoms with Crippen LogP contribution in [0.4, 0.5) is 0 Å². The van der Waals surface area contributed by atoms with Crippen LogP contribution in [-0.2, 0) is 9.53 Å². The number of carbonyl (C=O) groups excluding carboxylic acids is 1. The molecule has 0 saturated heterocycles. The van der Waals surface area contributed by atoms with Crippen LogP contribution in [0.5, 0.6) is 0 Å². The molecule has 31 heavy (non-hydrogen) atoms. The van der Waals surface area contributed by atoms with Crippen molar-refractivity contribution < 1.29 is 9.53 Å². The van der Waals surface area contributed by atoms with Gasteiger partial charge >= 0.3 is 0 Å². The van der Waals surface area contributed by atoms with E-state index in [0.717, 1.165) is 22.6 Å². The topological polar surface area (TPSA) is 38.7 Å². The number of aliphatic imine (C=N–C) groups is 1. The van der Waals surface area contributed by atoms with E-state index < -0.39 is 6.04 Å². The molecular formula is C28H41NO2. The van der Waals surface area contributed by atoms with Crippen molar-refractivity contribution in [3.05, 3.63) is 46.3 Å². The normalized spacial score (nSPS) is 25.1. The van der Waals surface area contributed by atoms with Gasteiger partial charge in [-0.1, -0.05) is 89.2 Å². The van der Waals surface area contributed by atoms with Gasteiger partial charge in [-0.05, 0) is 50.5 Å². The van der Waals surface area contributed by atoms with E-state index in [1.54, 1.807) is 0 Å². The largest absolute Gasteiger partial charge is 0.481 e. The summed E-state index contributed by atoms with van der Waals surface area (Å²) in [5.74, 6) is 0.807. The van der Waals surface area contributed by atoms with Crippen molar-refractivity contribution in [1.29, 1.82) is 0 Å². The molecule has 1 aliphatic heterocycles. The van der Waals surface area contributed by atoms with E-state index in [1.807, 2.05) is 0 Å². The van der Waals surface area contributed by atoms with Gasteiger partial charge in [0.15, 0.2) is 17.9 Å². The second-order valence-corrected chi connectivity index (χ2v) is 13.4. The third kappa shape index (κ3) is 4.38. The summed E-state index contributed by atoms with van der Waals surface area (Å²) < 4.78 is 6.74. The molecule has 2 aliphatic carbocycles. The minimum Gasteiger partial charge on any atom is -0.481 e. The molecule has 2 atom stereocenters. The van der Waals surface area contributed by atoms with Crippen molar-refractivity contribution in [2.45, 2.75) is 95.2 Å². The molecule has 0 spiro atoms. The number of ether oxygens (including phenoxy) is 1. The van der Waals surface area contributed by atoms with Crippen molar-refractivity contribution in [3.63, 3.8) is 0 Å². The standard InChI is InChI=1S/C28H41NO2/c1-25(2,3)16-13-18(27(7,8)9)23-20(14-16)29-21-22(30)17(26(4,5)6)15-19(24(21)31-23)28(10,11)12/h13-15,21,23H,1-12H3. The SMILES string of the molecule is CC(C)(C)C1=CC2=NC3C(=O)C(C(C)(C)C)=CC(C(C)(C)C)=C3OC2C(C(C)(C)C)=C1. The monoisotopic (exact) mass is 423 g/mol. The van der Waals surface area contributed by atoms with Gasteiger partial charge in [0.25, 0.3) is 0 Å². The number of rotatable bonds is 0. The van der Waals surface area contributed by atoms with Crippen LogP contribution in [0.15, 0.2) is 51.3 Å². The minimum absolute atomic E-state index is 0.0102. The second-order valence-electron chi connectivity index (χ2n) is 13.4. The molecule has 3 nitrogen and oxygen atoms in total. The van der Waals surface area contributed by atoms with Crippen LogP contribution in [0.2, 0.25) is 0 Å². The fourth-order valence-corrected chi connectivity index (χ4v) is 4.34. The quantitative estimate of drug-likeness (QED) is 0.420. The average Bonchev–Trinajstić information content (AvgIpc) is 2.55.